The Balaban J connectivity index is 1.96. The number of nitrogens with one attached hydrogen (secondary N) is 3. The zero-order chi connectivity index (χ0) is 24.9. The van der Waals surface area contributed by atoms with E-state index in [0.29, 0.717) is 0 Å². The van der Waals surface area contributed by atoms with Crippen molar-refractivity contribution in [3.05, 3.63) is 59.7 Å². The summed E-state index contributed by atoms with van der Waals surface area (Å²) in [6.45, 7) is -2.77. The number of esters is 1. The van der Waals surface area contributed by atoms with Gasteiger partial charge in [0.05, 0.1) is 31.2 Å². The Labute approximate surface area is 181 Å². The highest BCUT2D eigenvalue weighted by Gasteiger charge is 2.17. The van der Waals surface area contributed by atoms with Crippen molar-refractivity contribution in [2.24, 2.45) is 0 Å². The zero-order valence-corrected chi connectivity index (χ0v) is 16.4. The van der Waals surface area contributed by atoms with E-state index in [0.717, 1.165) is 0 Å². The summed E-state index contributed by atoms with van der Waals surface area (Å²) in [5.41, 5.74) is 0.0395. The minimum Gasteiger partial charge on any atom is -0.492 e. The van der Waals surface area contributed by atoms with Crippen molar-refractivity contribution < 1.29 is 27.6 Å². The van der Waals surface area contributed by atoms with Crippen LogP contribution in [0.25, 0.3) is 0 Å². The molecule has 0 aliphatic carbocycles. The summed E-state index contributed by atoms with van der Waals surface area (Å²) in [4.78, 5) is 28.1. The van der Waals surface area contributed by atoms with E-state index in [1.807, 2.05) is 5.32 Å². The van der Waals surface area contributed by atoms with Gasteiger partial charge in [-0.25, -0.2) is 14.2 Å². The van der Waals surface area contributed by atoms with Crippen molar-refractivity contribution in [1.82, 2.24) is 20.5 Å². The van der Waals surface area contributed by atoms with Gasteiger partial charge in [0.2, 0.25) is 0 Å². The van der Waals surface area contributed by atoms with Crippen molar-refractivity contribution in [2.45, 2.75) is 0 Å². The van der Waals surface area contributed by atoms with Crippen molar-refractivity contribution in [3.63, 3.8) is 0 Å². The number of para-hydroxylation sites is 1. The topological polar surface area (TPSA) is 127 Å². The van der Waals surface area contributed by atoms with Crippen LogP contribution in [0.1, 0.15) is 25.0 Å². The Hall–Kier alpha value is -4.28. The van der Waals surface area contributed by atoms with Gasteiger partial charge >= 0.3 is 5.97 Å². The van der Waals surface area contributed by atoms with Gasteiger partial charge in [0.1, 0.15) is 5.82 Å². The molecule has 10 nitrogen and oxygen atoms in total. The molecule has 2 heterocycles. The SMILES string of the molecule is [2H]C([2H])([2H])NC(=O)c1nnc(Nc2ccc(C(=O)OC)cn2)cc1Nc1cccc(F)c1OC. The third-order valence-corrected chi connectivity index (χ3v) is 4.00. The molecule has 0 fully saturated rings. The lowest BCUT2D eigenvalue weighted by atomic mass is 10.2. The number of hydrogen-bond donors (Lipinski definition) is 3. The van der Waals surface area contributed by atoms with Crippen LogP contribution in [0.2, 0.25) is 0 Å². The lowest BCUT2D eigenvalue weighted by molar-refractivity contribution is 0.0600. The normalized spacial score (nSPS) is 12.0. The molecule has 31 heavy (non-hydrogen) atoms. The van der Waals surface area contributed by atoms with Crippen LogP contribution >= 0.6 is 0 Å². The molecular formula is C20H19FN6O4. The molecule has 0 unspecified atom stereocenters. The van der Waals surface area contributed by atoms with Gasteiger partial charge in [0.25, 0.3) is 5.91 Å². The number of anilines is 4. The molecule has 0 spiro atoms. The Morgan fingerprint density at radius 3 is 2.58 bits per heavy atom. The lowest BCUT2D eigenvalue weighted by Crippen LogP contribution is -2.21. The molecule has 3 rings (SSSR count). The van der Waals surface area contributed by atoms with E-state index in [-0.39, 0.29) is 40.0 Å². The monoisotopic (exact) mass is 429 g/mol. The predicted octanol–water partition coefficient (Wildman–Crippen LogP) is 2.65. The highest BCUT2D eigenvalue weighted by atomic mass is 19.1. The number of ether oxygens (including phenoxy) is 2. The Kier molecular flexibility index (Phi) is 5.37. The molecule has 11 heteroatoms. The van der Waals surface area contributed by atoms with Crippen LogP contribution in [0.5, 0.6) is 5.75 Å². The Morgan fingerprint density at radius 2 is 1.90 bits per heavy atom. The fraction of sp³-hybridized carbons (Fsp3) is 0.150. The number of pyridine rings is 1. The summed E-state index contributed by atoms with van der Waals surface area (Å²) in [5.74, 6) is -1.97. The van der Waals surface area contributed by atoms with Gasteiger partial charge in [0, 0.05) is 23.4 Å². The Bertz CT molecular complexity index is 1210. The van der Waals surface area contributed by atoms with Gasteiger partial charge in [-0.2, -0.15) is 0 Å². The largest absolute Gasteiger partial charge is 0.492 e. The molecule has 0 radical (unpaired) electrons. The fourth-order valence-corrected chi connectivity index (χ4v) is 2.57. The van der Waals surface area contributed by atoms with Crippen molar-refractivity contribution in [1.29, 1.82) is 0 Å². The van der Waals surface area contributed by atoms with E-state index in [9.17, 15) is 14.0 Å². The first kappa shape index (κ1) is 17.6. The first-order valence-electron chi connectivity index (χ1n) is 10.2. The van der Waals surface area contributed by atoms with Crippen molar-refractivity contribution >= 4 is 34.9 Å². The maximum Gasteiger partial charge on any atom is 0.339 e. The van der Waals surface area contributed by atoms with Gasteiger partial charge in [-0.05, 0) is 24.3 Å². The van der Waals surface area contributed by atoms with Crippen LogP contribution in [0.4, 0.5) is 27.4 Å². The second-order valence-corrected chi connectivity index (χ2v) is 5.94. The smallest absolute Gasteiger partial charge is 0.339 e. The van der Waals surface area contributed by atoms with E-state index in [4.69, 9.17) is 8.85 Å². The number of carbonyl (C=O) groups is 2. The molecule has 160 valence electrons. The first-order valence-corrected chi connectivity index (χ1v) is 8.72. The minimum atomic E-state index is -2.77. The molecule has 0 aliphatic rings. The third kappa shape index (κ3) is 4.83. The molecule has 0 aliphatic heterocycles. The number of benzene rings is 1. The molecule has 0 saturated carbocycles. The predicted molar refractivity (Wildman–Crippen MR) is 111 cm³/mol. The number of halogens is 1. The van der Waals surface area contributed by atoms with Crippen LogP contribution in [0, 0.1) is 5.82 Å². The number of methoxy groups -OCH3 is 2. The number of hydrogen-bond acceptors (Lipinski definition) is 9. The summed E-state index contributed by atoms with van der Waals surface area (Å²) < 4.78 is 45.6. The van der Waals surface area contributed by atoms with Gasteiger partial charge < -0.3 is 25.4 Å². The van der Waals surface area contributed by atoms with E-state index in [1.54, 1.807) is 0 Å². The molecule has 1 aromatic carbocycles. The average molecular weight is 429 g/mol. The molecule has 3 N–H and O–H groups in total. The summed E-state index contributed by atoms with van der Waals surface area (Å²) in [7, 11) is 2.52. The second kappa shape index (κ2) is 9.48. The van der Waals surface area contributed by atoms with Gasteiger partial charge in [0.15, 0.2) is 23.1 Å². The summed E-state index contributed by atoms with van der Waals surface area (Å²) in [5, 5.41) is 15.2. The summed E-state index contributed by atoms with van der Waals surface area (Å²) >= 11 is 0. The molecule has 2 aromatic heterocycles. The molecule has 3 aromatic rings. The number of aromatic nitrogens is 3. The van der Waals surface area contributed by atoms with E-state index >= 15 is 0 Å². The fourth-order valence-electron chi connectivity index (χ4n) is 2.57. The number of carbonyl (C=O) groups excluding carboxylic acids is 2. The maximum absolute atomic E-state index is 14.1. The average Bonchev–Trinajstić information content (AvgIpc) is 2.78. The number of nitrogens with zero attached hydrogens (tertiary/aromatic N) is 3. The summed E-state index contributed by atoms with van der Waals surface area (Å²) in [6, 6.07) is 8.42. The number of amides is 1. The van der Waals surface area contributed by atoms with E-state index in [1.165, 1.54) is 56.8 Å². The van der Waals surface area contributed by atoms with Crippen LogP contribution < -0.4 is 20.7 Å². The highest BCUT2D eigenvalue weighted by molar-refractivity contribution is 5.98. The Morgan fingerprint density at radius 1 is 1.06 bits per heavy atom. The van der Waals surface area contributed by atoms with Gasteiger partial charge in [-0.3, -0.25) is 4.79 Å². The molecular weight excluding hydrogens is 407 g/mol. The van der Waals surface area contributed by atoms with Crippen LogP contribution in [0.3, 0.4) is 0 Å². The van der Waals surface area contributed by atoms with Crippen LogP contribution in [0.15, 0.2) is 42.6 Å². The molecule has 0 saturated heterocycles. The van der Waals surface area contributed by atoms with Crippen molar-refractivity contribution in [2.75, 3.05) is 31.8 Å². The quantitative estimate of drug-likeness (QED) is 0.486. The lowest BCUT2D eigenvalue weighted by Gasteiger charge is -2.15. The van der Waals surface area contributed by atoms with Gasteiger partial charge in [-0.1, -0.05) is 6.07 Å². The molecule has 0 atom stereocenters. The first-order chi connectivity index (χ1) is 16.1. The van der Waals surface area contributed by atoms with E-state index < -0.39 is 24.7 Å². The van der Waals surface area contributed by atoms with Crippen LogP contribution in [-0.2, 0) is 4.74 Å². The summed E-state index contributed by atoms with van der Waals surface area (Å²) in [6.07, 6.45) is 1.29. The van der Waals surface area contributed by atoms with Gasteiger partial charge in [-0.15, -0.1) is 10.2 Å². The standard InChI is InChI=1S/C20H19FN6O4/c1-22-19(28)17-14(24-13-6-4-5-12(21)18(13)30-2)9-16(26-27-17)25-15-8-7-11(10-23-15)20(29)31-3/h4-10H,1-3H3,(H,22,28)(H2,23,24,25,26)/i1D3. The van der Waals surface area contributed by atoms with E-state index in [2.05, 4.69) is 30.6 Å². The molecule has 0 bridgehead atoms. The maximum atomic E-state index is 14.1. The van der Waals surface area contributed by atoms with Crippen molar-refractivity contribution in [3.8, 4) is 5.75 Å². The minimum absolute atomic E-state index is 0.00864. The van der Waals surface area contributed by atoms with Crippen LogP contribution in [-0.4, -0.2) is 48.3 Å². The zero-order valence-electron chi connectivity index (χ0n) is 19.4. The highest BCUT2D eigenvalue weighted by Crippen LogP contribution is 2.31. The number of rotatable bonds is 7. The molecule has 1 amide bonds. The second-order valence-electron chi connectivity index (χ2n) is 5.94. The third-order valence-electron chi connectivity index (χ3n) is 4.00.